The second-order valence-electron chi connectivity index (χ2n) is 4.91. The van der Waals surface area contributed by atoms with Crippen LogP contribution >= 0.6 is 0 Å². The predicted octanol–water partition coefficient (Wildman–Crippen LogP) is 2.57. The van der Waals surface area contributed by atoms with E-state index in [1.165, 1.54) is 38.5 Å². The predicted molar refractivity (Wildman–Crippen MR) is 58.7 cm³/mol. The molecule has 2 aliphatic carbocycles. The van der Waals surface area contributed by atoms with Gasteiger partial charge in [0, 0.05) is 18.2 Å². The summed E-state index contributed by atoms with van der Waals surface area (Å²) in [4.78, 5) is 15.3. The Balaban J connectivity index is 1.96. The molecule has 2 aliphatic rings. The van der Waals surface area contributed by atoms with Crippen molar-refractivity contribution in [2.45, 2.75) is 50.5 Å². The number of aromatic nitrogens is 2. The van der Waals surface area contributed by atoms with E-state index in [9.17, 15) is 4.79 Å². The number of hydrogen-bond acceptors (Lipinski definition) is 2. The highest BCUT2D eigenvalue weighted by atomic mass is 16.4. The van der Waals surface area contributed by atoms with Gasteiger partial charge in [0.25, 0.3) is 0 Å². The van der Waals surface area contributed by atoms with Gasteiger partial charge in [-0.2, -0.15) is 0 Å². The van der Waals surface area contributed by atoms with Crippen molar-refractivity contribution in [3.05, 3.63) is 17.7 Å². The molecule has 2 saturated carbocycles. The molecule has 1 heterocycles. The first-order valence-electron chi connectivity index (χ1n) is 6.08. The third-order valence-electron chi connectivity index (χ3n) is 3.64. The lowest BCUT2D eigenvalue weighted by Crippen LogP contribution is -2.04. The van der Waals surface area contributed by atoms with Gasteiger partial charge in [-0.15, -0.1) is 0 Å². The van der Waals surface area contributed by atoms with Crippen molar-refractivity contribution in [1.82, 2.24) is 9.55 Å². The van der Waals surface area contributed by atoms with Gasteiger partial charge < -0.3 is 9.67 Å². The van der Waals surface area contributed by atoms with Crippen LogP contribution in [-0.4, -0.2) is 20.6 Å². The van der Waals surface area contributed by atoms with Gasteiger partial charge in [0.15, 0.2) is 5.69 Å². The lowest BCUT2D eigenvalue weighted by molar-refractivity contribution is 0.0691. The van der Waals surface area contributed by atoms with Crippen LogP contribution in [0.5, 0.6) is 0 Å². The first kappa shape index (κ1) is 9.87. The smallest absolute Gasteiger partial charge is 0.356 e. The lowest BCUT2D eigenvalue weighted by atomic mass is 10.1. The molecule has 1 aromatic heterocycles. The van der Waals surface area contributed by atoms with E-state index in [1.807, 2.05) is 0 Å². The molecule has 16 heavy (non-hydrogen) atoms. The Kier molecular flexibility index (Phi) is 2.23. The summed E-state index contributed by atoms with van der Waals surface area (Å²) < 4.78 is 2.12. The molecule has 0 saturated heterocycles. The highest BCUT2D eigenvalue weighted by Crippen LogP contribution is 2.41. The summed E-state index contributed by atoms with van der Waals surface area (Å²) in [6.45, 7) is 0. The molecule has 1 N–H and O–H groups in total. The highest BCUT2D eigenvalue weighted by molar-refractivity contribution is 5.85. The molecule has 0 aliphatic heterocycles. The fourth-order valence-electron chi connectivity index (χ4n) is 2.64. The zero-order valence-corrected chi connectivity index (χ0v) is 9.22. The van der Waals surface area contributed by atoms with Crippen LogP contribution in [-0.2, 0) is 0 Å². The van der Waals surface area contributed by atoms with Gasteiger partial charge in [-0.05, 0) is 25.7 Å². The quantitative estimate of drug-likeness (QED) is 0.851. The normalized spacial score (nSPS) is 21.5. The number of rotatable bonds is 3. The molecule has 0 bridgehead atoms. The van der Waals surface area contributed by atoms with Crippen molar-refractivity contribution in [1.29, 1.82) is 0 Å². The van der Waals surface area contributed by atoms with Crippen LogP contribution in [0.25, 0.3) is 0 Å². The Morgan fingerprint density at radius 3 is 2.56 bits per heavy atom. The van der Waals surface area contributed by atoms with Crippen LogP contribution in [0.2, 0.25) is 0 Å². The van der Waals surface area contributed by atoms with Crippen molar-refractivity contribution in [2.24, 2.45) is 0 Å². The summed E-state index contributed by atoms with van der Waals surface area (Å²) in [6, 6.07) is 0.524. The molecule has 3 rings (SSSR count). The fraction of sp³-hybridized carbons (Fsp3) is 0.667. The van der Waals surface area contributed by atoms with E-state index in [2.05, 4.69) is 9.55 Å². The largest absolute Gasteiger partial charge is 0.476 e. The lowest BCUT2D eigenvalue weighted by Gasteiger charge is -2.11. The molecule has 0 spiro atoms. The third-order valence-corrected chi connectivity index (χ3v) is 3.64. The SMILES string of the molecule is O=C(O)c1cn(C2CC2)c(C2CCCC2)n1. The Morgan fingerprint density at radius 2 is 2.00 bits per heavy atom. The molecular formula is C12H16N2O2. The molecule has 0 atom stereocenters. The minimum absolute atomic E-state index is 0.216. The average Bonchev–Trinajstić information content (AvgIpc) is 2.83. The second kappa shape index (κ2) is 3.61. The van der Waals surface area contributed by atoms with Crippen LogP contribution < -0.4 is 0 Å². The first-order chi connectivity index (χ1) is 7.75. The van der Waals surface area contributed by atoms with Crippen LogP contribution in [0.15, 0.2) is 6.20 Å². The number of aromatic carboxylic acids is 1. The van der Waals surface area contributed by atoms with Gasteiger partial charge in [0.05, 0.1) is 0 Å². The minimum Gasteiger partial charge on any atom is -0.476 e. The number of imidazole rings is 1. The van der Waals surface area contributed by atoms with Gasteiger partial charge in [0.2, 0.25) is 0 Å². The van der Waals surface area contributed by atoms with E-state index < -0.39 is 5.97 Å². The molecule has 86 valence electrons. The molecule has 0 aromatic carbocycles. The van der Waals surface area contributed by atoms with Crippen LogP contribution in [0.3, 0.4) is 0 Å². The molecular weight excluding hydrogens is 204 g/mol. The maximum absolute atomic E-state index is 10.9. The van der Waals surface area contributed by atoms with E-state index in [1.54, 1.807) is 6.20 Å². The molecule has 4 heteroatoms. The standard InChI is InChI=1S/C12H16N2O2/c15-12(16)10-7-14(9-5-6-9)11(13-10)8-3-1-2-4-8/h7-9H,1-6H2,(H,15,16). The van der Waals surface area contributed by atoms with Crippen LogP contribution in [0.4, 0.5) is 0 Å². The zero-order chi connectivity index (χ0) is 11.1. The Bertz CT molecular complexity index is 415. The second-order valence-corrected chi connectivity index (χ2v) is 4.91. The van der Waals surface area contributed by atoms with Gasteiger partial charge >= 0.3 is 5.97 Å². The van der Waals surface area contributed by atoms with Crippen molar-refractivity contribution in [3.63, 3.8) is 0 Å². The van der Waals surface area contributed by atoms with Crippen molar-refractivity contribution in [2.75, 3.05) is 0 Å². The summed E-state index contributed by atoms with van der Waals surface area (Å²) in [7, 11) is 0. The number of carboxylic acid groups (broad SMARTS) is 1. The van der Waals surface area contributed by atoms with Gasteiger partial charge in [-0.1, -0.05) is 12.8 Å². The van der Waals surface area contributed by atoms with E-state index in [-0.39, 0.29) is 5.69 Å². The summed E-state index contributed by atoms with van der Waals surface area (Å²) >= 11 is 0. The summed E-state index contributed by atoms with van der Waals surface area (Å²) in [5.74, 6) is 0.616. The topological polar surface area (TPSA) is 55.1 Å². The Morgan fingerprint density at radius 1 is 1.31 bits per heavy atom. The molecule has 1 aromatic rings. The number of nitrogens with zero attached hydrogens (tertiary/aromatic N) is 2. The molecule has 0 amide bonds. The Hall–Kier alpha value is -1.32. The van der Waals surface area contributed by atoms with Crippen molar-refractivity contribution in [3.8, 4) is 0 Å². The highest BCUT2D eigenvalue weighted by Gasteiger charge is 2.31. The number of carboxylic acids is 1. The molecule has 0 unspecified atom stereocenters. The molecule has 4 nitrogen and oxygen atoms in total. The summed E-state index contributed by atoms with van der Waals surface area (Å²) in [5, 5.41) is 8.99. The van der Waals surface area contributed by atoms with Crippen LogP contribution in [0.1, 0.15) is 66.8 Å². The first-order valence-corrected chi connectivity index (χ1v) is 6.08. The van der Waals surface area contributed by atoms with Gasteiger partial charge in [0.1, 0.15) is 5.82 Å². The number of hydrogen-bond donors (Lipinski definition) is 1. The fourth-order valence-corrected chi connectivity index (χ4v) is 2.64. The van der Waals surface area contributed by atoms with Gasteiger partial charge in [-0.25, -0.2) is 9.78 Å². The maximum Gasteiger partial charge on any atom is 0.356 e. The van der Waals surface area contributed by atoms with E-state index in [4.69, 9.17) is 5.11 Å². The molecule has 0 radical (unpaired) electrons. The summed E-state index contributed by atoms with van der Waals surface area (Å²) in [6.07, 6.45) is 8.93. The van der Waals surface area contributed by atoms with Gasteiger partial charge in [-0.3, -0.25) is 0 Å². The van der Waals surface area contributed by atoms with Crippen molar-refractivity contribution < 1.29 is 9.90 Å². The average molecular weight is 220 g/mol. The third kappa shape index (κ3) is 1.62. The van der Waals surface area contributed by atoms with Crippen LogP contribution in [0, 0.1) is 0 Å². The van der Waals surface area contributed by atoms with Crippen molar-refractivity contribution >= 4 is 5.97 Å². The van der Waals surface area contributed by atoms with E-state index in [0.29, 0.717) is 12.0 Å². The zero-order valence-electron chi connectivity index (χ0n) is 9.22. The Labute approximate surface area is 94.3 Å². The number of carbonyl (C=O) groups is 1. The summed E-state index contributed by atoms with van der Waals surface area (Å²) in [5.41, 5.74) is 0.216. The van der Waals surface area contributed by atoms with E-state index >= 15 is 0 Å². The monoisotopic (exact) mass is 220 g/mol. The molecule has 2 fully saturated rings. The maximum atomic E-state index is 10.9. The minimum atomic E-state index is -0.904. The van der Waals surface area contributed by atoms with E-state index in [0.717, 1.165) is 5.82 Å².